The molecule has 0 saturated heterocycles. The van der Waals surface area contributed by atoms with E-state index in [1.54, 1.807) is 6.07 Å². The van der Waals surface area contributed by atoms with Gasteiger partial charge in [0.05, 0.1) is 12.7 Å². The molecule has 2 rings (SSSR count). The fraction of sp³-hybridized carbons (Fsp3) is 0.278. The largest absolute Gasteiger partial charge is 0.465 e. The number of carbonyl (C=O) groups excluding carboxylic acids is 1. The molecular formula is C18H21NO2. The van der Waals surface area contributed by atoms with Crippen molar-refractivity contribution in [2.75, 3.05) is 12.4 Å². The summed E-state index contributed by atoms with van der Waals surface area (Å²) in [5.74, 6) is -0.316. The zero-order chi connectivity index (χ0) is 15.4. The number of hydrogen-bond acceptors (Lipinski definition) is 3. The van der Waals surface area contributed by atoms with Crippen LogP contribution in [0.3, 0.4) is 0 Å². The summed E-state index contributed by atoms with van der Waals surface area (Å²) in [4.78, 5) is 11.6. The molecule has 0 aromatic heterocycles. The van der Waals surface area contributed by atoms with Crippen LogP contribution in [0.5, 0.6) is 0 Å². The smallest absolute Gasteiger partial charge is 0.337 e. The summed E-state index contributed by atoms with van der Waals surface area (Å²) in [6, 6.07) is 12.0. The van der Waals surface area contributed by atoms with E-state index >= 15 is 0 Å². The molecular weight excluding hydrogens is 262 g/mol. The summed E-state index contributed by atoms with van der Waals surface area (Å²) in [6.07, 6.45) is 0. The molecule has 0 atom stereocenters. The van der Waals surface area contributed by atoms with Crippen molar-refractivity contribution in [2.24, 2.45) is 0 Å². The summed E-state index contributed by atoms with van der Waals surface area (Å²) in [6.45, 7) is 6.97. The number of aryl methyl sites for hydroxylation is 3. The Labute approximate surface area is 126 Å². The van der Waals surface area contributed by atoms with E-state index in [1.807, 2.05) is 19.1 Å². The summed E-state index contributed by atoms with van der Waals surface area (Å²) in [5, 5.41) is 3.39. The number of nitrogens with one attached hydrogen (secondary N) is 1. The highest BCUT2D eigenvalue weighted by Gasteiger charge is 2.08. The minimum absolute atomic E-state index is 0.316. The molecule has 0 aliphatic carbocycles. The van der Waals surface area contributed by atoms with Crippen molar-refractivity contribution >= 4 is 11.7 Å². The Bertz CT molecular complexity index is 662. The molecule has 0 bridgehead atoms. The third-order valence-corrected chi connectivity index (χ3v) is 3.71. The number of anilines is 1. The van der Waals surface area contributed by atoms with Crippen molar-refractivity contribution in [2.45, 2.75) is 27.3 Å². The summed E-state index contributed by atoms with van der Waals surface area (Å²) in [7, 11) is 1.39. The van der Waals surface area contributed by atoms with Gasteiger partial charge in [0.1, 0.15) is 0 Å². The zero-order valence-electron chi connectivity index (χ0n) is 13.0. The first-order valence-corrected chi connectivity index (χ1v) is 7.00. The van der Waals surface area contributed by atoms with Crippen LogP contribution >= 0.6 is 0 Å². The van der Waals surface area contributed by atoms with Gasteiger partial charge in [0.25, 0.3) is 0 Å². The first-order valence-electron chi connectivity index (χ1n) is 7.00. The maximum absolute atomic E-state index is 11.6. The maximum Gasteiger partial charge on any atom is 0.337 e. The second-order valence-corrected chi connectivity index (χ2v) is 5.29. The molecule has 0 fully saturated rings. The molecule has 0 aliphatic rings. The maximum atomic E-state index is 11.6. The Morgan fingerprint density at radius 2 is 1.71 bits per heavy atom. The number of methoxy groups -OCH3 is 1. The van der Waals surface area contributed by atoms with Gasteiger partial charge in [0, 0.05) is 12.2 Å². The molecule has 0 spiro atoms. The SMILES string of the molecule is COC(=O)c1ccc(C)c(NCc2ccc(C)c(C)c2)c1. The summed E-state index contributed by atoms with van der Waals surface area (Å²) < 4.78 is 4.76. The van der Waals surface area contributed by atoms with Crippen molar-refractivity contribution in [1.82, 2.24) is 0 Å². The van der Waals surface area contributed by atoms with E-state index in [2.05, 4.69) is 37.4 Å². The summed E-state index contributed by atoms with van der Waals surface area (Å²) in [5.41, 5.74) is 6.42. The van der Waals surface area contributed by atoms with Crippen molar-refractivity contribution in [1.29, 1.82) is 0 Å². The van der Waals surface area contributed by atoms with Gasteiger partial charge in [-0.15, -0.1) is 0 Å². The predicted octanol–water partition coefficient (Wildman–Crippen LogP) is 4.01. The van der Waals surface area contributed by atoms with Crippen LogP contribution in [-0.2, 0) is 11.3 Å². The first-order chi connectivity index (χ1) is 10.0. The number of esters is 1. The number of carbonyl (C=O) groups is 1. The number of rotatable bonds is 4. The molecule has 1 N–H and O–H groups in total. The van der Waals surface area contributed by atoms with Gasteiger partial charge in [-0.05, 0) is 55.2 Å². The Kier molecular flexibility index (Phi) is 4.63. The second kappa shape index (κ2) is 6.44. The predicted molar refractivity (Wildman–Crippen MR) is 85.8 cm³/mol. The van der Waals surface area contributed by atoms with Gasteiger partial charge in [-0.25, -0.2) is 4.79 Å². The third-order valence-electron chi connectivity index (χ3n) is 3.71. The Hall–Kier alpha value is -2.29. The van der Waals surface area contributed by atoms with Crippen molar-refractivity contribution in [3.63, 3.8) is 0 Å². The summed E-state index contributed by atoms with van der Waals surface area (Å²) >= 11 is 0. The fourth-order valence-electron chi connectivity index (χ4n) is 2.17. The van der Waals surface area contributed by atoms with Gasteiger partial charge in [-0.1, -0.05) is 24.3 Å². The van der Waals surface area contributed by atoms with E-state index in [9.17, 15) is 4.79 Å². The quantitative estimate of drug-likeness (QED) is 0.862. The molecule has 21 heavy (non-hydrogen) atoms. The van der Waals surface area contributed by atoms with Gasteiger partial charge in [0.2, 0.25) is 0 Å². The number of hydrogen-bond donors (Lipinski definition) is 1. The standard InChI is InChI=1S/C18H21NO2/c1-12-5-7-15(9-14(12)3)11-19-17-10-16(18(20)21-4)8-6-13(17)2/h5-10,19H,11H2,1-4H3. The van der Waals surface area contributed by atoms with Gasteiger partial charge in [0.15, 0.2) is 0 Å². The van der Waals surface area contributed by atoms with E-state index in [-0.39, 0.29) is 5.97 Å². The number of ether oxygens (including phenoxy) is 1. The molecule has 0 aliphatic heterocycles. The minimum atomic E-state index is -0.316. The van der Waals surface area contributed by atoms with Crippen molar-refractivity contribution < 1.29 is 9.53 Å². The third kappa shape index (κ3) is 3.63. The molecule has 3 nitrogen and oxygen atoms in total. The molecule has 0 heterocycles. The molecule has 110 valence electrons. The minimum Gasteiger partial charge on any atom is -0.465 e. The van der Waals surface area contributed by atoms with Crippen molar-refractivity contribution in [3.8, 4) is 0 Å². The highest BCUT2D eigenvalue weighted by Crippen LogP contribution is 2.19. The fourth-order valence-corrected chi connectivity index (χ4v) is 2.17. The van der Waals surface area contributed by atoms with E-state index in [0.29, 0.717) is 5.56 Å². The lowest BCUT2D eigenvalue weighted by molar-refractivity contribution is 0.0601. The van der Waals surface area contributed by atoms with E-state index in [4.69, 9.17) is 4.74 Å². The normalized spacial score (nSPS) is 10.3. The monoisotopic (exact) mass is 283 g/mol. The van der Waals surface area contributed by atoms with Gasteiger partial charge in [-0.2, -0.15) is 0 Å². The lowest BCUT2D eigenvalue weighted by atomic mass is 10.1. The molecule has 2 aromatic rings. The highest BCUT2D eigenvalue weighted by molar-refractivity contribution is 5.90. The van der Waals surface area contributed by atoms with E-state index in [0.717, 1.165) is 17.8 Å². The van der Waals surface area contributed by atoms with Crippen LogP contribution in [0.1, 0.15) is 32.6 Å². The lowest BCUT2D eigenvalue weighted by Gasteiger charge is -2.12. The van der Waals surface area contributed by atoms with Crippen LogP contribution in [0.25, 0.3) is 0 Å². The Morgan fingerprint density at radius 1 is 1.00 bits per heavy atom. The zero-order valence-corrected chi connectivity index (χ0v) is 13.0. The van der Waals surface area contributed by atoms with E-state index < -0.39 is 0 Å². The molecule has 0 unspecified atom stereocenters. The van der Waals surface area contributed by atoms with Crippen LogP contribution in [0.2, 0.25) is 0 Å². The number of benzene rings is 2. The lowest BCUT2D eigenvalue weighted by Crippen LogP contribution is -2.05. The van der Waals surface area contributed by atoms with Crippen LogP contribution in [0, 0.1) is 20.8 Å². The molecule has 0 saturated carbocycles. The van der Waals surface area contributed by atoms with Crippen LogP contribution in [-0.4, -0.2) is 13.1 Å². The Balaban J connectivity index is 2.15. The molecule has 2 aromatic carbocycles. The van der Waals surface area contributed by atoms with Crippen LogP contribution in [0.4, 0.5) is 5.69 Å². The van der Waals surface area contributed by atoms with E-state index in [1.165, 1.54) is 23.8 Å². The van der Waals surface area contributed by atoms with Crippen LogP contribution < -0.4 is 5.32 Å². The van der Waals surface area contributed by atoms with Crippen molar-refractivity contribution in [3.05, 3.63) is 64.2 Å². The van der Waals surface area contributed by atoms with Gasteiger partial charge in [-0.3, -0.25) is 0 Å². The molecule has 0 radical (unpaired) electrons. The molecule has 0 amide bonds. The Morgan fingerprint density at radius 3 is 2.38 bits per heavy atom. The molecule has 3 heteroatoms. The topological polar surface area (TPSA) is 38.3 Å². The van der Waals surface area contributed by atoms with Gasteiger partial charge >= 0.3 is 5.97 Å². The highest BCUT2D eigenvalue weighted by atomic mass is 16.5. The van der Waals surface area contributed by atoms with Gasteiger partial charge < -0.3 is 10.1 Å². The average molecular weight is 283 g/mol. The second-order valence-electron chi connectivity index (χ2n) is 5.29. The first kappa shape index (κ1) is 15.1. The average Bonchev–Trinajstić information content (AvgIpc) is 2.49. The van der Waals surface area contributed by atoms with Crippen LogP contribution in [0.15, 0.2) is 36.4 Å².